The highest BCUT2D eigenvalue weighted by Crippen LogP contribution is 2.41. The molecule has 2 heterocycles. The molecule has 1 aromatic heterocycles. The summed E-state index contributed by atoms with van der Waals surface area (Å²) < 4.78 is 22.9. The second-order valence-corrected chi connectivity index (χ2v) is 11.3. The average Bonchev–Trinajstić information content (AvgIpc) is 3.45. The molecule has 1 N–H and O–H groups in total. The van der Waals surface area contributed by atoms with Crippen LogP contribution in [0.1, 0.15) is 51.9 Å². The number of hydrogen-bond donors (Lipinski definition) is 1. The summed E-state index contributed by atoms with van der Waals surface area (Å²) in [7, 11) is 4.90. The van der Waals surface area contributed by atoms with Crippen LogP contribution in [0.15, 0.2) is 67.0 Å². The highest BCUT2D eigenvalue weighted by atomic mass is 16.5. The van der Waals surface area contributed by atoms with Crippen LogP contribution in [0.25, 0.3) is 0 Å². The number of nitrogens with zero attached hydrogens (tertiary/aromatic N) is 3. The summed E-state index contributed by atoms with van der Waals surface area (Å²) in [6.07, 6.45) is 6.76. The number of hydrogen-bond acceptors (Lipinski definition) is 8. The van der Waals surface area contributed by atoms with Gasteiger partial charge in [-0.15, -0.1) is 0 Å². The fourth-order valence-corrected chi connectivity index (χ4v) is 6.32. The van der Waals surface area contributed by atoms with Crippen molar-refractivity contribution in [3.63, 3.8) is 0 Å². The first-order valence-corrected chi connectivity index (χ1v) is 14.9. The van der Waals surface area contributed by atoms with Crippen molar-refractivity contribution in [2.75, 3.05) is 34.4 Å². The van der Waals surface area contributed by atoms with Crippen LogP contribution in [-0.2, 0) is 24.1 Å². The van der Waals surface area contributed by atoms with Crippen molar-refractivity contribution in [3.05, 3.63) is 100 Å². The third-order valence-corrected chi connectivity index (χ3v) is 8.54. The molecule has 0 saturated carbocycles. The Morgan fingerprint density at radius 1 is 0.864 bits per heavy atom. The lowest BCUT2D eigenvalue weighted by atomic mass is 9.88. The zero-order chi connectivity index (χ0) is 30.6. The van der Waals surface area contributed by atoms with Gasteiger partial charge in [-0.1, -0.05) is 30.3 Å². The van der Waals surface area contributed by atoms with E-state index >= 15 is 0 Å². The lowest BCUT2D eigenvalue weighted by Crippen LogP contribution is -2.44. The standard InChI is InChI=1S/C35H38N4O5/c1-22-19-36-35(37-20-22)44-33-18-27-25(17-32(33)43-4)13-14-39(29(27)15-23-9-12-30(41-2)31(16-23)42-3)21-34(40)38-28-11-10-24-7-5-6-8-26(24)28/h5-9,12,16-20,28-29H,10-11,13-15,21H2,1-4H3,(H,38,40). The second kappa shape index (κ2) is 12.9. The second-order valence-electron chi connectivity index (χ2n) is 11.3. The minimum Gasteiger partial charge on any atom is -0.493 e. The number of nitrogens with one attached hydrogen (secondary N) is 1. The number of carbonyl (C=O) groups excluding carboxylic acids is 1. The minimum absolute atomic E-state index is 0.0190. The van der Waals surface area contributed by atoms with Gasteiger partial charge >= 0.3 is 6.01 Å². The molecule has 0 saturated heterocycles. The lowest BCUT2D eigenvalue weighted by molar-refractivity contribution is -0.123. The summed E-state index contributed by atoms with van der Waals surface area (Å²) in [6.45, 7) is 2.93. The molecule has 2 atom stereocenters. The Morgan fingerprint density at radius 2 is 1.61 bits per heavy atom. The fraction of sp³-hybridized carbons (Fsp3) is 0.343. The molecular weight excluding hydrogens is 556 g/mol. The molecule has 6 rings (SSSR count). The molecular formula is C35H38N4O5. The number of fused-ring (bicyclic) bond motifs is 2. The molecule has 2 unspecified atom stereocenters. The number of methoxy groups -OCH3 is 3. The van der Waals surface area contributed by atoms with Gasteiger partial charge in [0.15, 0.2) is 23.0 Å². The van der Waals surface area contributed by atoms with Crippen LogP contribution in [-0.4, -0.2) is 55.2 Å². The van der Waals surface area contributed by atoms with Gasteiger partial charge in [0, 0.05) is 25.0 Å². The van der Waals surface area contributed by atoms with E-state index in [1.807, 2.05) is 43.3 Å². The topological polar surface area (TPSA) is 95.0 Å². The minimum atomic E-state index is -0.106. The Morgan fingerprint density at radius 3 is 2.39 bits per heavy atom. The van der Waals surface area contributed by atoms with Crippen LogP contribution in [0, 0.1) is 6.92 Å². The van der Waals surface area contributed by atoms with Gasteiger partial charge in [-0.3, -0.25) is 9.69 Å². The highest BCUT2D eigenvalue weighted by molar-refractivity contribution is 5.79. The molecule has 2 aliphatic rings. The average molecular weight is 595 g/mol. The van der Waals surface area contributed by atoms with Crippen molar-refractivity contribution in [1.29, 1.82) is 0 Å². The maximum Gasteiger partial charge on any atom is 0.322 e. The van der Waals surface area contributed by atoms with E-state index in [9.17, 15) is 4.79 Å². The van der Waals surface area contributed by atoms with Crippen LogP contribution >= 0.6 is 0 Å². The number of rotatable bonds is 10. The normalized spacial score (nSPS) is 17.4. The van der Waals surface area contributed by atoms with Gasteiger partial charge in [0.2, 0.25) is 5.91 Å². The van der Waals surface area contributed by atoms with E-state index in [-0.39, 0.29) is 30.5 Å². The molecule has 228 valence electrons. The Hall–Kier alpha value is -4.63. The Labute approximate surface area is 258 Å². The summed E-state index contributed by atoms with van der Waals surface area (Å²) in [6, 6.07) is 18.6. The van der Waals surface area contributed by atoms with Crippen molar-refractivity contribution < 1.29 is 23.7 Å². The van der Waals surface area contributed by atoms with Crippen molar-refractivity contribution in [2.45, 2.75) is 44.7 Å². The van der Waals surface area contributed by atoms with Gasteiger partial charge in [-0.25, -0.2) is 9.97 Å². The summed E-state index contributed by atoms with van der Waals surface area (Å²) in [5, 5.41) is 3.31. The predicted molar refractivity (Wildman–Crippen MR) is 167 cm³/mol. The quantitative estimate of drug-likeness (QED) is 0.256. The lowest BCUT2D eigenvalue weighted by Gasteiger charge is -2.38. The van der Waals surface area contributed by atoms with Crippen LogP contribution < -0.4 is 24.3 Å². The maximum atomic E-state index is 13.6. The molecule has 0 radical (unpaired) electrons. The molecule has 0 fully saturated rings. The van der Waals surface area contributed by atoms with Gasteiger partial charge in [-0.2, -0.15) is 0 Å². The summed E-state index contributed by atoms with van der Waals surface area (Å²) in [4.78, 5) is 24.5. The molecule has 0 spiro atoms. The first-order valence-electron chi connectivity index (χ1n) is 14.9. The molecule has 1 aliphatic carbocycles. The van der Waals surface area contributed by atoms with Gasteiger partial charge in [0.25, 0.3) is 0 Å². The van der Waals surface area contributed by atoms with Gasteiger partial charge in [0.1, 0.15) is 0 Å². The molecule has 1 amide bonds. The smallest absolute Gasteiger partial charge is 0.322 e. The van der Waals surface area contributed by atoms with E-state index in [1.54, 1.807) is 33.7 Å². The Balaban J connectivity index is 1.31. The van der Waals surface area contributed by atoms with Crippen molar-refractivity contribution in [2.24, 2.45) is 0 Å². The van der Waals surface area contributed by atoms with Crippen LogP contribution in [0.5, 0.6) is 29.0 Å². The molecule has 9 nitrogen and oxygen atoms in total. The molecule has 3 aromatic carbocycles. The molecule has 44 heavy (non-hydrogen) atoms. The first kappa shape index (κ1) is 29.4. The third-order valence-electron chi connectivity index (χ3n) is 8.54. The molecule has 9 heteroatoms. The largest absolute Gasteiger partial charge is 0.493 e. The summed E-state index contributed by atoms with van der Waals surface area (Å²) in [5.74, 6) is 2.50. The highest BCUT2D eigenvalue weighted by Gasteiger charge is 2.32. The van der Waals surface area contributed by atoms with Gasteiger partial charge in [0.05, 0.1) is 33.9 Å². The maximum absolute atomic E-state index is 13.6. The number of aryl methyl sites for hydroxylation is 2. The van der Waals surface area contributed by atoms with E-state index in [0.717, 1.165) is 48.1 Å². The SMILES string of the molecule is COc1ccc(CC2c3cc(Oc4ncc(C)cn4)c(OC)cc3CCN2CC(=O)NC2CCc3ccccc32)cc1OC. The van der Waals surface area contributed by atoms with E-state index in [1.165, 1.54) is 11.1 Å². The van der Waals surface area contributed by atoms with Crippen LogP contribution in [0.2, 0.25) is 0 Å². The monoisotopic (exact) mass is 594 g/mol. The molecule has 1 aliphatic heterocycles. The first-order chi connectivity index (χ1) is 21.4. The van der Waals surface area contributed by atoms with Gasteiger partial charge < -0.3 is 24.3 Å². The van der Waals surface area contributed by atoms with Crippen LogP contribution in [0.4, 0.5) is 0 Å². The number of benzene rings is 3. The van der Waals surface area contributed by atoms with E-state index < -0.39 is 0 Å². The number of carbonyl (C=O) groups is 1. The fourth-order valence-electron chi connectivity index (χ4n) is 6.32. The summed E-state index contributed by atoms with van der Waals surface area (Å²) >= 11 is 0. The number of amides is 1. The summed E-state index contributed by atoms with van der Waals surface area (Å²) in [5.41, 5.74) is 6.78. The number of ether oxygens (including phenoxy) is 4. The zero-order valence-corrected chi connectivity index (χ0v) is 25.6. The number of aromatic nitrogens is 2. The Kier molecular flexibility index (Phi) is 8.65. The molecule has 4 aromatic rings. The third kappa shape index (κ3) is 6.19. The van der Waals surface area contributed by atoms with Crippen molar-refractivity contribution in [3.8, 4) is 29.0 Å². The molecule has 0 bridgehead atoms. The van der Waals surface area contributed by atoms with Crippen LogP contribution in [0.3, 0.4) is 0 Å². The van der Waals surface area contributed by atoms with Gasteiger partial charge in [-0.05, 0) is 90.3 Å². The van der Waals surface area contributed by atoms with Crippen molar-refractivity contribution >= 4 is 5.91 Å². The van der Waals surface area contributed by atoms with E-state index in [0.29, 0.717) is 29.4 Å². The van der Waals surface area contributed by atoms with E-state index in [2.05, 4.69) is 38.4 Å². The van der Waals surface area contributed by atoms with E-state index in [4.69, 9.17) is 18.9 Å². The van der Waals surface area contributed by atoms with Crippen molar-refractivity contribution in [1.82, 2.24) is 20.2 Å². The predicted octanol–water partition coefficient (Wildman–Crippen LogP) is 5.55. The zero-order valence-electron chi connectivity index (χ0n) is 25.6. The Bertz CT molecular complexity index is 1640.